The lowest BCUT2D eigenvalue weighted by Gasteiger charge is -2.11. The minimum Gasteiger partial charge on any atom is -0.461 e. The van der Waals surface area contributed by atoms with E-state index in [4.69, 9.17) is 16.3 Å². The normalized spacial score (nSPS) is 10.5. The maximum Gasteiger partial charge on any atom is 0.359 e. The standard InChI is InChI=1S/C20H18ClN3O3S/c1-3-27-19(26)16-17(22-18(25)13-9-11-14(21)12-10-13)23-20(28-2)24(16)15-7-5-4-6-8-15/h4-12H,3H2,1-2H3,(H,22,25). The molecule has 0 saturated heterocycles. The Balaban J connectivity index is 2.07. The van der Waals surface area contributed by atoms with Crippen LogP contribution in [0.25, 0.3) is 5.69 Å². The molecule has 0 radical (unpaired) electrons. The number of thioether (sulfide) groups is 1. The quantitative estimate of drug-likeness (QED) is 0.467. The number of imidazole rings is 1. The van der Waals surface area contributed by atoms with E-state index in [2.05, 4.69) is 10.3 Å². The summed E-state index contributed by atoms with van der Waals surface area (Å²) in [5, 5.41) is 3.81. The van der Waals surface area contributed by atoms with Gasteiger partial charge in [0.05, 0.1) is 6.61 Å². The Kier molecular flexibility index (Phi) is 6.38. The molecule has 0 aliphatic rings. The predicted molar refractivity (Wildman–Crippen MR) is 111 cm³/mol. The van der Waals surface area contributed by atoms with Gasteiger partial charge in [0.25, 0.3) is 5.91 Å². The Labute approximate surface area is 171 Å². The summed E-state index contributed by atoms with van der Waals surface area (Å²) in [6, 6.07) is 15.8. The van der Waals surface area contributed by atoms with Crippen LogP contribution < -0.4 is 5.32 Å². The molecule has 0 atom stereocenters. The molecule has 3 rings (SSSR count). The Hall–Kier alpha value is -2.77. The molecular formula is C20H18ClN3O3S. The fourth-order valence-corrected chi connectivity index (χ4v) is 3.30. The summed E-state index contributed by atoms with van der Waals surface area (Å²) in [4.78, 5) is 29.8. The summed E-state index contributed by atoms with van der Waals surface area (Å²) in [6.45, 7) is 1.93. The SMILES string of the molecule is CCOC(=O)c1c(NC(=O)c2ccc(Cl)cc2)nc(SC)n1-c1ccccc1. The van der Waals surface area contributed by atoms with Crippen LogP contribution in [-0.4, -0.2) is 34.3 Å². The smallest absolute Gasteiger partial charge is 0.359 e. The lowest BCUT2D eigenvalue weighted by Crippen LogP contribution is -2.18. The average molecular weight is 416 g/mol. The molecule has 2 aromatic carbocycles. The van der Waals surface area contributed by atoms with Crippen LogP contribution in [0, 0.1) is 0 Å². The van der Waals surface area contributed by atoms with Gasteiger partial charge in [0.2, 0.25) is 0 Å². The number of halogens is 1. The van der Waals surface area contributed by atoms with Crippen LogP contribution in [0.3, 0.4) is 0 Å². The molecule has 0 saturated carbocycles. The van der Waals surface area contributed by atoms with Gasteiger partial charge in [-0.3, -0.25) is 9.36 Å². The Morgan fingerprint density at radius 2 is 1.82 bits per heavy atom. The number of anilines is 1. The van der Waals surface area contributed by atoms with Gasteiger partial charge in [0, 0.05) is 16.3 Å². The van der Waals surface area contributed by atoms with Gasteiger partial charge in [-0.15, -0.1) is 0 Å². The van der Waals surface area contributed by atoms with E-state index in [9.17, 15) is 9.59 Å². The second-order valence-electron chi connectivity index (χ2n) is 5.65. The molecule has 0 bridgehead atoms. The second-order valence-corrected chi connectivity index (χ2v) is 6.86. The number of rotatable bonds is 6. The van der Waals surface area contributed by atoms with Gasteiger partial charge in [-0.1, -0.05) is 41.6 Å². The molecule has 1 amide bonds. The molecule has 1 aromatic heterocycles. The van der Waals surface area contributed by atoms with Crippen molar-refractivity contribution in [3.63, 3.8) is 0 Å². The van der Waals surface area contributed by atoms with Crippen LogP contribution in [0.5, 0.6) is 0 Å². The number of hydrogen-bond donors (Lipinski definition) is 1. The van der Waals surface area contributed by atoms with Crippen LogP contribution >= 0.6 is 23.4 Å². The maximum atomic E-state index is 12.7. The first kappa shape index (κ1) is 20.0. The Morgan fingerprint density at radius 3 is 2.43 bits per heavy atom. The van der Waals surface area contributed by atoms with E-state index in [1.165, 1.54) is 11.8 Å². The van der Waals surface area contributed by atoms with Crippen LogP contribution in [0.15, 0.2) is 59.8 Å². The van der Waals surface area contributed by atoms with Gasteiger partial charge < -0.3 is 10.1 Å². The van der Waals surface area contributed by atoms with Crippen LogP contribution in [0.4, 0.5) is 5.82 Å². The van der Waals surface area contributed by atoms with Crippen molar-refractivity contribution in [3.8, 4) is 5.69 Å². The molecule has 1 N–H and O–H groups in total. The molecule has 0 unspecified atom stereocenters. The largest absolute Gasteiger partial charge is 0.461 e. The van der Waals surface area contributed by atoms with Crippen LogP contribution in [-0.2, 0) is 4.74 Å². The molecule has 3 aromatic rings. The topological polar surface area (TPSA) is 73.2 Å². The van der Waals surface area contributed by atoms with E-state index in [1.807, 2.05) is 36.6 Å². The van der Waals surface area contributed by atoms with Gasteiger partial charge >= 0.3 is 5.97 Å². The number of carbonyl (C=O) groups excluding carboxylic acids is 2. The molecule has 0 aliphatic carbocycles. The molecule has 0 spiro atoms. The third-order valence-electron chi connectivity index (χ3n) is 3.85. The Bertz CT molecular complexity index is 988. The van der Waals surface area contributed by atoms with E-state index < -0.39 is 11.9 Å². The van der Waals surface area contributed by atoms with Crippen molar-refractivity contribution >= 4 is 41.1 Å². The first-order valence-electron chi connectivity index (χ1n) is 8.51. The number of benzene rings is 2. The number of esters is 1. The van der Waals surface area contributed by atoms with Gasteiger partial charge in [-0.25, -0.2) is 9.78 Å². The highest BCUT2D eigenvalue weighted by molar-refractivity contribution is 7.98. The predicted octanol–water partition coefficient (Wildman–Crippen LogP) is 4.68. The number of ether oxygens (including phenoxy) is 1. The highest BCUT2D eigenvalue weighted by Crippen LogP contribution is 2.29. The zero-order chi connectivity index (χ0) is 20.1. The monoisotopic (exact) mass is 415 g/mol. The third-order valence-corrected chi connectivity index (χ3v) is 4.74. The molecular weight excluding hydrogens is 398 g/mol. The third kappa shape index (κ3) is 4.21. The van der Waals surface area contributed by atoms with Crippen molar-refractivity contribution in [2.45, 2.75) is 12.1 Å². The first-order chi connectivity index (χ1) is 13.5. The van der Waals surface area contributed by atoms with E-state index in [-0.39, 0.29) is 18.1 Å². The number of amides is 1. The summed E-state index contributed by atoms with van der Waals surface area (Å²) < 4.78 is 6.89. The van der Waals surface area contributed by atoms with Crippen molar-refractivity contribution in [1.82, 2.24) is 9.55 Å². The van der Waals surface area contributed by atoms with Crippen molar-refractivity contribution in [3.05, 3.63) is 70.9 Å². The lowest BCUT2D eigenvalue weighted by molar-refractivity contribution is 0.0517. The van der Waals surface area contributed by atoms with Gasteiger partial charge in [0.15, 0.2) is 16.7 Å². The van der Waals surface area contributed by atoms with Crippen LogP contribution in [0.2, 0.25) is 5.02 Å². The number of para-hydroxylation sites is 1. The fourth-order valence-electron chi connectivity index (χ4n) is 2.61. The lowest BCUT2D eigenvalue weighted by atomic mass is 10.2. The van der Waals surface area contributed by atoms with Crippen LogP contribution in [0.1, 0.15) is 27.8 Å². The van der Waals surface area contributed by atoms with Gasteiger partial charge in [-0.2, -0.15) is 0 Å². The van der Waals surface area contributed by atoms with Gasteiger partial charge in [0.1, 0.15) is 0 Å². The van der Waals surface area contributed by atoms with E-state index in [1.54, 1.807) is 35.8 Å². The summed E-state index contributed by atoms with van der Waals surface area (Å²) >= 11 is 7.24. The van der Waals surface area contributed by atoms with E-state index in [0.717, 1.165) is 5.69 Å². The zero-order valence-electron chi connectivity index (χ0n) is 15.3. The number of nitrogens with one attached hydrogen (secondary N) is 1. The second kappa shape index (κ2) is 8.95. The number of aromatic nitrogens is 2. The minimum absolute atomic E-state index is 0.145. The minimum atomic E-state index is -0.564. The fraction of sp³-hybridized carbons (Fsp3) is 0.150. The summed E-state index contributed by atoms with van der Waals surface area (Å²) in [5.41, 5.74) is 1.31. The maximum absolute atomic E-state index is 12.7. The van der Waals surface area contributed by atoms with Gasteiger partial charge in [-0.05, 0) is 49.6 Å². The molecule has 0 aliphatic heterocycles. The summed E-state index contributed by atoms with van der Waals surface area (Å²) in [7, 11) is 0. The molecule has 144 valence electrons. The highest BCUT2D eigenvalue weighted by Gasteiger charge is 2.26. The number of hydrogen-bond acceptors (Lipinski definition) is 5. The number of carbonyl (C=O) groups is 2. The summed E-state index contributed by atoms with van der Waals surface area (Å²) in [5.74, 6) is -0.815. The molecule has 8 heteroatoms. The first-order valence-corrected chi connectivity index (χ1v) is 10.1. The number of nitrogens with zero attached hydrogens (tertiary/aromatic N) is 2. The van der Waals surface area contributed by atoms with Crippen molar-refractivity contribution in [2.24, 2.45) is 0 Å². The van der Waals surface area contributed by atoms with Crippen molar-refractivity contribution in [1.29, 1.82) is 0 Å². The summed E-state index contributed by atoms with van der Waals surface area (Å²) in [6.07, 6.45) is 1.85. The Morgan fingerprint density at radius 1 is 1.14 bits per heavy atom. The van der Waals surface area contributed by atoms with Crippen molar-refractivity contribution in [2.75, 3.05) is 18.2 Å². The average Bonchev–Trinajstić information content (AvgIpc) is 3.07. The molecule has 0 fully saturated rings. The van der Waals surface area contributed by atoms with Crippen molar-refractivity contribution < 1.29 is 14.3 Å². The molecule has 6 nitrogen and oxygen atoms in total. The zero-order valence-corrected chi connectivity index (χ0v) is 16.9. The highest BCUT2D eigenvalue weighted by atomic mass is 35.5. The molecule has 28 heavy (non-hydrogen) atoms. The molecule has 1 heterocycles. The van der Waals surface area contributed by atoms with E-state index in [0.29, 0.717) is 15.7 Å². The van der Waals surface area contributed by atoms with E-state index >= 15 is 0 Å².